The predicted molar refractivity (Wildman–Crippen MR) is 40.8 cm³/mol. The third-order valence-corrected chi connectivity index (χ3v) is 1.19. The molecule has 0 rings (SSSR count). The third-order valence-electron chi connectivity index (χ3n) is 0.746. The molecule has 0 aromatic carbocycles. The largest absolute Gasteiger partial charge is 0.368 e. The lowest BCUT2D eigenvalue weighted by Crippen LogP contribution is -2.37. The first-order chi connectivity index (χ1) is 4.04. The molecule has 0 radical (unpaired) electrons. The van der Waals surface area contributed by atoms with Crippen molar-refractivity contribution < 1.29 is 9.59 Å². The Balaban J connectivity index is 3.63. The number of hydrogen-bond donors (Lipinski definition) is 2. The van der Waals surface area contributed by atoms with Crippen LogP contribution in [0.1, 0.15) is 6.42 Å². The van der Waals surface area contributed by atoms with Crippen LogP contribution in [0.2, 0.25) is 0 Å². The summed E-state index contributed by atoms with van der Waals surface area (Å²) in [4.78, 5) is 20.4. The van der Waals surface area contributed by atoms with Crippen molar-refractivity contribution in [2.24, 2.45) is 11.5 Å². The van der Waals surface area contributed by atoms with Gasteiger partial charge >= 0.3 is 0 Å². The minimum Gasteiger partial charge on any atom is -0.368 e. The van der Waals surface area contributed by atoms with Gasteiger partial charge in [0.25, 0.3) is 0 Å². The van der Waals surface area contributed by atoms with Gasteiger partial charge in [0.15, 0.2) is 3.79 Å². The van der Waals surface area contributed by atoms with Gasteiger partial charge in [-0.3, -0.25) is 9.59 Å². The molecule has 0 fully saturated rings. The van der Waals surface area contributed by atoms with Gasteiger partial charge in [-0.25, -0.2) is 0 Å². The monoisotopic (exact) mass is 242 g/mol. The van der Waals surface area contributed by atoms with Gasteiger partial charge in [-0.1, -0.05) is 0 Å². The van der Waals surface area contributed by atoms with Gasteiger partial charge in [-0.05, 0) is 22.6 Å². The maximum atomic E-state index is 10.3. The highest BCUT2D eigenvalue weighted by atomic mass is 127. The van der Waals surface area contributed by atoms with Crippen LogP contribution in [0.25, 0.3) is 0 Å². The zero-order chi connectivity index (χ0) is 7.44. The van der Waals surface area contributed by atoms with E-state index in [0.29, 0.717) is 0 Å². The molecule has 0 saturated heterocycles. The number of halogens is 1. The van der Waals surface area contributed by atoms with E-state index in [4.69, 9.17) is 11.5 Å². The lowest BCUT2D eigenvalue weighted by Gasteiger charge is -2.00. The van der Waals surface area contributed by atoms with Crippen LogP contribution in [0, 0.1) is 0 Å². The molecule has 0 saturated carbocycles. The standard InChI is InChI=1S/C4H7IN2O2/c5-3(8)1-2(6)4(7)9/h2H,1,6H2,(H2,7,9). The average Bonchev–Trinajstić information content (AvgIpc) is 1.63. The number of carbonyl (C=O) groups is 2. The Bertz CT molecular complexity index is 137. The van der Waals surface area contributed by atoms with Gasteiger partial charge in [0.1, 0.15) is 0 Å². The molecule has 0 aliphatic rings. The zero-order valence-corrected chi connectivity index (χ0v) is 6.79. The maximum absolute atomic E-state index is 10.3. The summed E-state index contributed by atoms with van der Waals surface area (Å²) in [6, 6.07) is -0.825. The first kappa shape index (κ1) is 8.83. The minimum absolute atomic E-state index is 0.0237. The van der Waals surface area contributed by atoms with E-state index in [1.807, 2.05) is 0 Å². The first-order valence-electron chi connectivity index (χ1n) is 2.27. The molecular formula is C4H7IN2O2. The van der Waals surface area contributed by atoms with Crippen molar-refractivity contribution in [3.63, 3.8) is 0 Å². The highest BCUT2D eigenvalue weighted by Crippen LogP contribution is 1.95. The molecule has 0 spiro atoms. The molecule has 0 aromatic heterocycles. The number of rotatable bonds is 3. The topological polar surface area (TPSA) is 86.2 Å². The summed E-state index contributed by atoms with van der Waals surface area (Å²) in [6.07, 6.45) is 0.0237. The van der Waals surface area contributed by atoms with Crippen LogP contribution in [0.4, 0.5) is 0 Å². The molecule has 1 amide bonds. The van der Waals surface area contributed by atoms with Gasteiger partial charge in [0.05, 0.1) is 6.04 Å². The van der Waals surface area contributed by atoms with E-state index >= 15 is 0 Å². The third kappa shape index (κ3) is 4.34. The zero-order valence-electron chi connectivity index (χ0n) is 4.63. The second-order valence-electron chi connectivity index (χ2n) is 1.57. The van der Waals surface area contributed by atoms with Crippen molar-refractivity contribution in [2.75, 3.05) is 0 Å². The second kappa shape index (κ2) is 3.78. The van der Waals surface area contributed by atoms with Crippen molar-refractivity contribution in [3.8, 4) is 0 Å². The Morgan fingerprint density at radius 3 is 2.11 bits per heavy atom. The second-order valence-corrected chi connectivity index (χ2v) is 2.77. The van der Waals surface area contributed by atoms with Crippen molar-refractivity contribution in [1.29, 1.82) is 0 Å². The Morgan fingerprint density at radius 2 is 2.00 bits per heavy atom. The van der Waals surface area contributed by atoms with Crippen LogP contribution in [-0.2, 0) is 9.59 Å². The molecule has 1 unspecified atom stereocenters. The summed E-state index contributed by atoms with van der Waals surface area (Å²) in [5.41, 5.74) is 9.88. The SMILES string of the molecule is NC(=O)C(N)CC(=O)I. The molecule has 0 bridgehead atoms. The Hall–Kier alpha value is -0.170. The number of primary amides is 1. The summed E-state index contributed by atoms with van der Waals surface area (Å²) in [7, 11) is 0. The van der Waals surface area contributed by atoms with Crippen molar-refractivity contribution in [3.05, 3.63) is 0 Å². The lowest BCUT2D eigenvalue weighted by atomic mass is 10.2. The van der Waals surface area contributed by atoms with E-state index in [2.05, 4.69) is 0 Å². The Morgan fingerprint density at radius 1 is 1.56 bits per heavy atom. The van der Waals surface area contributed by atoms with Crippen molar-refractivity contribution in [2.45, 2.75) is 12.5 Å². The summed E-state index contributed by atoms with van der Waals surface area (Å²) in [5, 5.41) is 0. The highest BCUT2D eigenvalue weighted by Gasteiger charge is 2.11. The number of hydrogen-bond acceptors (Lipinski definition) is 3. The molecule has 0 aliphatic carbocycles. The van der Waals surface area contributed by atoms with Crippen molar-refractivity contribution >= 4 is 32.3 Å². The highest BCUT2D eigenvalue weighted by molar-refractivity contribution is 14.1. The molecule has 52 valence electrons. The van der Waals surface area contributed by atoms with Crippen LogP contribution >= 0.6 is 22.6 Å². The molecule has 0 aliphatic heterocycles. The van der Waals surface area contributed by atoms with E-state index in [-0.39, 0.29) is 10.2 Å². The maximum Gasteiger partial charge on any atom is 0.234 e. The first-order valence-corrected chi connectivity index (χ1v) is 3.35. The molecule has 4 N–H and O–H groups in total. The smallest absolute Gasteiger partial charge is 0.234 e. The van der Waals surface area contributed by atoms with Crippen LogP contribution in [-0.4, -0.2) is 15.7 Å². The van der Waals surface area contributed by atoms with Crippen LogP contribution < -0.4 is 11.5 Å². The quantitative estimate of drug-likeness (QED) is 0.499. The fraction of sp³-hybridized carbons (Fsp3) is 0.500. The van der Waals surface area contributed by atoms with Crippen LogP contribution in [0.3, 0.4) is 0 Å². The summed E-state index contributed by atoms with van der Waals surface area (Å²) in [6.45, 7) is 0. The van der Waals surface area contributed by atoms with E-state index in [1.54, 1.807) is 22.6 Å². The number of nitrogens with two attached hydrogens (primary N) is 2. The van der Waals surface area contributed by atoms with Gasteiger partial charge < -0.3 is 11.5 Å². The fourth-order valence-corrected chi connectivity index (χ4v) is 0.748. The van der Waals surface area contributed by atoms with E-state index in [9.17, 15) is 9.59 Å². The van der Waals surface area contributed by atoms with Crippen LogP contribution in [0.15, 0.2) is 0 Å². The van der Waals surface area contributed by atoms with Crippen molar-refractivity contribution in [1.82, 2.24) is 0 Å². The van der Waals surface area contributed by atoms with Gasteiger partial charge in [-0.15, -0.1) is 0 Å². The van der Waals surface area contributed by atoms with E-state index in [0.717, 1.165) is 0 Å². The average molecular weight is 242 g/mol. The number of amides is 1. The fourth-order valence-electron chi connectivity index (χ4n) is 0.273. The van der Waals surface area contributed by atoms with E-state index in [1.165, 1.54) is 0 Å². The summed E-state index contributed by atoms with van der Waals surface area (Å²) >= 11 is 1.56. The molecule has 9 heavy (non-hydrogen) atoms. The molecule has 1 atom stereocenters. The molecule has 0 heterocycles. The molecule has 4 nitrogen and oxygen atoms in total. The number of carbonyl (C=O) groups excluding carboxylic acids is 2. The Kier molecular flexibility index (Phi) is 3.71. The lowest BCUT2D eigenvalue weighted by molar-refractivity contribution is -0.121. The van der Waals surface area contributed by atoms with Crippen LogP contribution in [0.5, 0.6) is 0 Å². The normalized spacial score (nSPS) is 12.7. The predicted octanol–water partition coefficient (Wildman–Crippen LogP) is -0.849. The molecule has 0 aromatic rings. The van der Waals surface area contributed by atoms with E-state index < -0.39 is 11.9 Å². The van der Waals surface area contributed by atoms with Gasteiger partial charge in [-0.2, -0.15) is 0 Å². The van der Waals surface area contributed by atoms with Gasteiger partial charge in [0, 0.05) is 6.42 Å². The Labute approximate surface area is 66.1 Å². The summed E-state index contributed by atoms with van der Waals surface area (Å²) < 4.78 is -0.154. The molecular weight excluding hydrogens is 235 g/mol. The summed E-state index contributed by atoms with van der Waals surface area (Å²) in [5.74, 6) is -0.639. The molecule has 5 heteroatoms. The minimum atomic E-state index is -0.825. The van der Waals surface area contributed by atoms with Gasteiger partial charge in [0.2, 0.25) is 5.91 Å².